The van der Waals surface area contributed by atoms with E-state index < -0.39 is 21.7 Å². The Hall–Kier alpha value is -1.54. The van der Waals surface area contributed by atoms with Crippen molar-refractivity contribution in [2.75, 3.05) is 13.1 Å². The van der Waals surface area contributed by atoms with Gasteiger partial charge in [0.05, 0.1) is 4.90 Å². The van der Waals surface area contributed by atoms with Crippen LogP contribution in [0.1, 0.15) is 52.9 Å². The number of nitrogens with one attached hydrogen (secondary N) is 1. The Labute approximate surface area is 166 Å². The number of halogens is 2. The molecule has 0 saturated carbocycles. The van der Waals surface area contributed by atoms with Crippen molar-refractivity contribution in [3.63, 3.8) is 0 Å². The van der Waals surface area contributed by atoms with Crippen molar-refractivity contribution < 1.29 is 22.0 Å². The van der Waals surface area contributed by atoms with E-state index in [-0.39, 0.29) is 35.9 Å². The number of hydrogen-bond donors (Lipinski definition) is 1. The number of rotatable bonds is 8. The molecular weight excluding hydrogens is 386 g/mol. The summed E-state index contributed by atoms with van der Waals surface area (Å²) in [6.07, 6.45) is 3.93. The summed E-state index contributed by atoms with van der Waals surface area (Å²) < 4.78 is 52.9. The predicted molar refractivity (Wildman–Crippen MR) is 104 cm³/mol. The van der Waals surface area contributed by atoms with E-state index in [2.05, 4.69) is 19.2 Å². The molecule has 8 heteroatoms. The van der Waals surface area contributed by atoms with Gasteiger partial charge in [-0.25, -0.2) is 17.2 Å². The average Bonchev–Trinajstić information content (AvgIpc) is 2.63. The Morgan fingerprint density at radius 3 is 2.36 bits per heavy atom. The molecule has 0 spiro atoms. The van der Waals surface area contributed by atoms with Crippen molar-refractivity contribution in [2.24, 2.45) is 11.8 Å². The molecule has 1 aliphatic rings. The molecule has 5 nitrogen and oxygen atoms in total. The van der Waals surface area contributed by atoms with Gasteiger partial charge < -0.3 is 5.32 Å². The summed E-state index contributed by atoms with van der Waals surface area (Å²) in [7, 11) is -3.90. The maximum Gasteiger partial charge on any atom is 0.243 e. The topological polar surface area (TPSA) is 66.5 Å². The first-order chi connectivity index (χ1) is 13.1. The highest BCUT2D eigenvalue weighted by Gasteiger charge is 2.32. The Morgan fingerprint density at radius 2 is 1.79 bits per heavy atom. The molecule has 1 N–H and O–H groups in total. The molecule has 1 heterocycles. The molecule has 1 amide bonds. The van der Waals surface area contributed by atoms with E-state index in [0.29, 0.717) is 24.8 Å². The van der Waals surface area contributed by atoms with Crippen LogP contribution in [0.3, 0.4) is 0 Å². The van der Waals surface area contributed by atoms with Crippen molar-refractivity contribution in [1.82, 2.24) is 9.62 Å². The molecule has 1 atom stereocenters. The first-order valence-electron chi connectivity index (χ1n) is 9.87. The van der Waals surface area contributed by atoms with E-state index in [0.717, 1.165) is 31.4 Å². The Kier molecular flexibility index (Phi) is 7.95. The van der Waals surface area contributed by atoms with Gasteiger partial charge in [0.25, 0.3) is 0 Å². The second-order valence-electron chi connectivity index (χ2n) is 7.99. The molecule has 0 aromatic heterocycles. The summed E-state index contributed by atoms with van der Waals surface area (Å²) in [6, 6.07) is 2.66. The zero-order valence-electron chi connectivity index (χ0n) is 16.7. The Balaban J connectivity index is 1.87. The lowest BCUT2D eigenvalue weighted by Crippen LogP contribution is -2.44. The summed E-state index contributed by atoms with van der Waals surface area (Å²) in [5.41, 5.74) is 0. The zero-order chi connectivity index (χ0) is 20.9. The van der Waals surface area contributed by atoms with Gasteiger partial charge in [-0.15, -0.1) is 0 Å². The second-order valence-corrected chi connectivity index (χ2v) is 9.93. The minimum absolute atomic E-state index is 0.0399. The molecule has 2 rings (SSSR count). The molecule has 0 aliphatic carbocycles. The molecule has 0 bridgehead atoms. The van der Waals surface area contributed by atoms with Crippen LogP contribution >= 0.6 is 0 Å². The van der Waals surface area contributed by atoms with Gasteiger partial charge in [-0.3, -0.25) is 4.79 Å². The van der Waals surface area contributed by atoms with E-state index >= 15 is 0 Å². The lowest BCUT2D eigenvalue weighted by Gasteiger charge is -2.31. The van der Waals surface area contributed by atoms with Crippen LogP contribution in [-0.2, 0) is 14.8 Å². The Morgan fingerprint density at radius 1 is 1.14 bits per heavy atom. The van der Waals surface area contributed by atoms with Crippen LogP contribution in [0.15, 0.2) is 23.1 Å². The SMILES string of the molecule is CC(C)CCCC(C)NC(=O)C1CCN(S(=O)(=O)c2ccc(F)c(F)c2)CC1. The van der Waals surface area contributed by atoms with Crippen LogP contribution in [0.5, 0.6) is 0 Å². The number of piperidine rings is 1. The summed E-state index contributed by atoms with van der Waals surface area (Å²) in [4.78, 5) is 12.2. The average molecular weight is 417 g/mol. The van der Waals surface area contributed by atoms with Crippen LogP contribution in [0.2, 0.25) is 0 Å². The van der Waals surface area contributed by atoms with Gasteiger partial charge >= 0.3 is 0 Å². The monoisotopic (exact) mass is 416 g/mol. The fourth-order valence-corrected chi connectivity index (χ4v) is 4.89. The smallest absolute Gasteiger partial charge is 0.243 e. The van der Waals surface area contributed by atoms with Crippen molar-refractivity contribution in [3.8, 4) is 0 Å². The van der Waals surface area contributed by atoms with Crippen LogP contribution in [-0.4, -0.2) is 37.8 Å². The zero-order valence-corrected chi connectivity index (χ0v) is 17.6. The highest BCUT2D eigenvalue weighted by molar-refractivity contribution is 7.89. The molecule has 1 aliphatic heterocycles. The molecule has 1 unspecified atom stereocenters. The lowest BCUT2D eigenvalue weighted by atomic mass is 9.96. The summed E-state index contributed by atoms with van der Waals surface area (Å²) >= 11 is 0. The van der Waals surface area contributed by atoms with Gasteiger partial charge in [-0.2, -0.15) is 4.31 Å². The molecule has 1 aromatic rings. The number of benzene rings is 1. The maximum absolute atomic E-state index is 13.4. The van der Waals surface area contributed by atoms with Gasteiger partial charge in [0.15, 0.2) is 11.6 Å². The summed E-state index contributed by atoms with van der Waals surface area (Å²) in [5, 5.41) is 3.02. The first-order valence-corrected chi connectivity index (χ1v) is 11.3. The van der Waals surface area contributed by atoms with Crippen molar-refractivity contribution >= 4 is 15.9 Å². The third-order valence-corrected chi connectivity index (χ3v) is 7.06. The lowest BCUT2D eigenvalue weighted by molar-refractivity contribution is -0.126. The largest absolute Gasteiger partial charge is 0.353 e. The minimum Gasteiger partial charge on any atom is -0.353 e. The number of carbonyl (C=O) groups is 1. The molecular formula is C20H30F2N2O3S. The van der Waals surface area contributed by atoms with Crippen LogP contribution in [0.4, 0.5) is 8.78 Å². The number of nitrogens with zero attached hydrogens (tertiary/aromatic N) is 1. The van der Waals surface area contributed by atoms with Gasteiger partial charge in [0.2, 0.25) is 15.9 Å². The van der Waals surface area contributed by atoms with Gasteiger partial charge in [-0.05, 0) is 50.3 Å². The normalized spacial score (nSPS) is 17.6. The van der Waals surface area contributed by atoms with E-state index in [1.165, 1.54) is 4.31 Å². The first kappa shape index (κ1) is 22.7. The molecule has 1 fully saturated rings. The van der Waals surface area contributed by atoms with E-state index in [1.54, 1.807) is 0 Å². The highest BCUT2D eigenvalue weighted by Crippen LogP contribution is 2.25. The van der Waals surface area contributed by atoms with Crippen molar-refractivity contribution in [1.29, 1.82) is 0 Å². The highest BCUT2D eigenvalue weighted by atomic mass is 32.2. The number of sulfonamides is 1. The van der Waals surface area contributed by atoms with Crippen LogP contribution < -0.4 is 5.32 Å². The summed E-state index contributed by atoms with van der Waals surface area (Å²) in [6.45, 7) is 6.69. The van der Waals surface area contributed by atoms with Crippen LogP contribution in [0, 0.1) is 23.5 Å². The van der Waals surface area contributed by atoms with Gasteiger partial charge in [0.1, 0.15) is 0 Å². The van der Waals surface area contributed by atoms with Gasteiger partial charge in [-0.1, -0.05) is 26.7 Å². The fraction of sp³-hybridized carbons (Fsp3) is 0.650. The third kappa shape index (κ3) is 5.98. The number of hydrogen-bond acceptors (Lipinski definition) is 3. The predicted octanol–water partition coefficient (Wildman–Crippen LogP) is 3.70. The van der Waals surface area contributed by atoms with Crippen LogP contribution in [0.25, 0.3) is 0 Å². The van der Waals surface area contributed by atoms with E-state index in [4.69, 9.17) is 0 Å². The molecule has 28 heavy (non-hydrogen) atoms. The second kappa shape index (κ2) is 9.78. The summed E-state index contributed by atoms with van der Waals surface area (Å²) in [5.74, 6) is -1.91. The standard InChI is InChI=1S/C20H30F2N2O3S/c1-14(2)5-4-6-15(3)23-20(25)16-9-11-24(12-10-16)28(26,27)17-7-8-18(21)19(22)13-17/h7-8,13-16H,4-6,9-12H2,1-3H3,(H,23,25). The van der Waals surface area contributed by atoms with Gasteiger partial charge in [0, 0.05) is 25.0 Å². The van der Waals surface area contributed by atoms with Crippen molar-refractivity contribution in [3.05, 3.63) is 29.8 Å². The van der Waals surface area contributed by atoms with E-state index in [9.17, 15) is 22.0 Å². The molecule has 1 saturated heterocycles. The Bertz CT molecular complexity index is 776. The molecule has 158 valence electrons. The minimum atomic E-state index is -3.90. The molecule has 0 radical (unpaired) electrons. The molecule has 1 aromatic carbocycles. The number of carbonyl (C=O) groups excluding carboxylic acids is 1. The van der Waals surface area contributed by atoms with Crippen molar-refractivity contribution in [2.45, 2.75) is 63.8 Å². The third-order valence-electron chi connectivity index (χ3n) is 5.16. The maximum atomic E-state index is 13.4. The van der Waals surface area contributed by atoms with E-state index in [1.807, 2.05) is 6.92 Å². The fourth-order valence-electron chi connectivity index (χ4n) is 3.41. The quantitative estimate of drug-likeness (QED) is 0.703. The number of amides is 1.